The molecule has 1 aliphatic heterocycles. The molecule has 2 unspecified atom stereocenters. The standard InChI is InChI=1S/C12H24N2O/c1-4-6-11(13-3)9-14-8-10(5-2)7-12(14)15/h10-11,13H,4-9H2,1-3H3. The number of rotatable bonds is 6. The van der Waals surface area contributed by atoms with Gasteiger partial charge in [-0.1, -0.05) is 26.7 Å². The Kier molecular flexibility index (Phi) is 5.09. The molecule has 1 rings (SSSR count). The van der Waals surface area contributed by atoms with Gasteiger partial charge in [0.05, 0.1) is 0 Å². The second-order valence-electron chi connectivity index (χ2n) is 4.55. The van der Waals surface area contributed by atoms with Crippen LogP contribution in [0.25, 0.3) is 0 Å². The molecule has 3 heteroatoms. The van der Waals surface area contributed by atoms with Gasteiger partial charge < -0.3 is 10.2 Å². The van der Waals surface area contributed by atoms with Crippen LogP contribution in [0.15, 0.2) is 0 Å². The highest BCUT2D eigenvalue weighted by atomic mass is 16.2. The van der Waals surface area contributed by atoms with Crippen molar-refractivity contribution in [2.75, 3.05) is 20.1 Å². The highest BCUT2D eigenvalue weighted by Gasteiger charge is 2.29. The molecule has 0 saturated carbocycles. The fourth-order valence-electron chi connectivity index (χ4n) is 2.25. The first-order chi connectivity index (χ1) is 7.21. The molecule has 1 amide bonds. The number of hydrogen-bond acceptors (Lipinski definition) is 2. The highest BCUT2D eigenvalue weighted by molar-refractivity contribution is 5.78. The summed E-state index contributed by atoms with van der Waals surface area (Å²) in [4.78, 5) is 13.7. The maximum atomic E-state index is 11.7. The number of nitrogens with one attached hydrogen (secondary N) is 1. The van der Waals surface area contributed by atoms with Crippen molar-refractivity contribution in [2.24, 2.45) is 5.92 Å². The lowest BCUT2D eigenvalue weighted by Crippen LogP contribution is -2.40. The number of carbonyl (C=O) groups excluding carboxylic acids is 1. The van der Waals surface area contributed by atoms with E-state index >= 15 is 0 Å². The predicted octanol–water partition coefficient (Wildman–Crippen LogP) is 1.63. The summed E-state index contributed by atoms with van der Waals surface area (Å²) in [7, 11) is 1.98. The minimum absolute atomic E-state index is 0.346. The average molecular weight is 212 g/mol. The van der Waals surface area contributed by atoms with Crippen LogP contribution in [0.3, 0.4) is 0 Å². The van der Waals surface area contributed by atoms with Gasteiger partial charge in [-0.15, -0.1) is 0 Å². The lowest BCUT2D eigenvalue weighted by molar-refractivity contribution is -0.128. The molecule has 1 N–H and O–H groups in total. The molecule has 88 valence electrons. The zero-order valence-corrected chi connectivity index (χ0v) is 10.3. The maximum Gasteiger partial charge on any atom is 0.222 e. The normalized spacial score (nSPS) is 23.5. The zero-order chi connectivity index (χ0) is 11.3. The number of likely N-dealkylation sites (tertiary alicyclic amines) is 1. The summed E-state index contributed by atoms with van der Waals surface area (Å²) < 4.78 is 0. The second-order valence-corrected chi connectivity index (χ2v) is 4.55. The molecule has 0 aromatic heterocycles. The van der Waals surface area contributed by atoms with Crippen molar-refractivity contribution in [3.63, 3.8) is 0 Å². The molecule has 0 bridgehead atoms. The Balaban J connectivity index is 2.40. The molecular formula is C12H24N2O. The molecule has 15 heavy (non-hydrogen) atoms. The molecule has 1 heterocycles. The topological polar surface area (TPSA) is 32.3 Å². The van der Waals surface area contributed by atoms with Crippen LogP contribution < -0.4 is 5.32 Å². The van der Waals surface area contributed by atoms with Crippen LogP contribution in [0.4, 0.5) is 0 Å². The third kappa shape index (κ3) is 3.49. The van der Waals surface area contributed by atoms with Gasteiger partial charge in [0.25, 0.3) is 0 Å². The summed E-state index contributed by atoms with van der Waals surface area (Å²) in [5.74, 6) is 0.940. The van der Waals surface area contributed by atoms with Crippen LogP contribution >= 0.6 is 0 Å². The third-order valence-electron chi connectivity index (χ3n) is 3.36. The van der Waals surface area contributed by atoms with Gasteiger partial charge >= 0.3 is 0 Å². The number of hydrogen-bond donors (Lipinski definition) is 1. The van der Waals surface area contributed by atoms with E-state index in [1.165, 1.54) is 6.42 Å². The Morgan fingerprint density at radius 2 is 2.27 bits per heavy atom. The van der Waals surface area contributed by atoms with E-state index in [1.807, 2.05) is 11.9 Å². The molecule has 3 nitrogen and oxygen atoms in total. The van der Waals surface area contributed by atoms with Gasteiger partial charge in [0, 0.05) is 25.6 Å². The highest BCUT2D eigenvalue weighted by Crippen LogP contribution is 2.20. The van der Waals surface area contributed by atoms with Crippen molar-refractivity contribution >= 4 is 5.91 Å². The van der Waals surface area contributed by atoms with Crippen molar-refractivity contribution in [2.45, 2.75) is 45.6 Å². The summed E-state index contributed by atoms with van der Waals surface area (Å²) in [5.41, 5.74) is 0. The first-order valence-corrected chi connectivity index (χ1v) is 6.16. The van der Waals surface area contributed by atoms with Crippen LogP contribution in [0.2, 0.25) is 0 Å². The van der Waals surface area contributed by atoms with Crippen LogP contribution in [0, 0.1) is 5.92 Å². The number of likely N-dealkylation sites (N-methyl/N-ethyl adjacent to an activating group) is 1. The molecule has 2 atom stereocenters. The molecule has 1 fully saturated rings. The summed E-state index contributed by atoms with van der Waals surface area (Å²) in [5, 5.41) is 3.29. The van der Waals surface area contributed by atoms with Gasteiger partial charge in [0.1, 0.15) is 0 Å². The molecule has 0 aromatic carbocycles. The maximum absolute atomic E-state index is 11.7. The van der Waals surface area contributed by atoms with Gasteiger partial charge in [0.15, 0.2) is 0 Å². The molecule has 0 aliphatic carbocycles. The first kappa shape index (κ1) is 12.5. The summed E-state index contributed by atoms with van der Waals surface area (Å²) in [6, 6.07) is 0.467. The Morgan fingerprint density at radius 1 is 1.53 bits per heavy atom. The fraction of sp³-hybridized carbons (Fsp3) is 0.917. The zero-order valence-electron chi connectivity index (χ0n) is 10.3. The van der Waals surface area contributed by atoms with Gasteiger partial charge in [-0.2, -0.15) is 0 Å². The van der Waals surface area contributed by atoms with E-state index in [0.717, 1.165) is 32.4 Å². The Morgan fingerprint density at radius 3 is 2.73 bits per heavy atom. The molecule has 1 saturated heterocycles. The predicted molar refractivity (Wildman–Crippen MR) is 62.7 cm³/mol. The van der Waals surface area contributed by atoms with E-state index in [0.29, 0.717) is 17.9 Å². The van der Waals surface area contributed by atoms with Gasteiger partial charge in [-0.3, -0.25) is 4.79 Å². The average Bonchev–Trinajstić information content (AvgIpc) is 2.59. The van der Waals surface area contributed by atoms with Crippen LogP contribution in [-0.2, 0) is 4.79 Å². The van der Waals surface area contributed by atoms with Crippen LogP contribution in [0.1, 0.15) is 39.5 Å². The second kappa shape index (κ2) is 6.11. The van der Waals surface area contributed by atoms with Crippen LogP contribution in [-0.4, -0.2) is 37.0 Å². The smallest absolute Gasteiger partial charge is 0.222 e. The van der Waals surface area contributed by atoms with E-state index in [4.69, 9.17) is 0 Å². The van der Waals surface area contributed by atoms with Crippen molar-refractivity contribution in [3.8, 4) is 0 Å². The Labute approximate surface area is 93.2 Å². The van der Waals surface area contributed by atoms with Crippen molar-refractivity contribution in [1.82, 2.24) is 10.2 Å². The van der Waals surface area contributed by atoms with Crippen molar-refractivity contribution in [3.05, 3.63) is 0 Å². The van der Waals surface area contributed by atoms with Gasteiger partial charge in [0.2, 0.25) is 5.91 Å². The Bertz CT molecular complexity index is 206. The van der Waals surface area contributed by atoms with E-state index in [9.17, 15) is 4.79 Å². The van der Waals surface area contributed by atoms with Crippen LogP contribution in [0.5, 0.6) is 0 Å². The van der Waals surface area contributed by atoms with E-state index in [-0.39, 0.29) is 0 Å². The molecule has 1 aliphatic rings. The quantitative estimate of drug-likeness (QED) is 0.726. The van der Waals surface area contributed by atoms with Gasteiger partial charge in [-0.25, -0.2) is 0 Å². The van der Waals surface area contributed by atoms with E-state index < -0.39 is 0 Å². The molecule has 0 aromatic rings. The number of nitrogens with zero attached hydrogens (tertiary/aromatic N) is 1. The largest absolute Gasteiger partial charge is 0.341 e. The first-order valence-electron chi connectivity index (χ1n) is 6.16. The number of amides is 1. The SMILES string of the molecule is CCCC(CN1CC(CC)CC1=O)NC. The number of carbonyl (C=O) groups is 1. The lowest BCUT2D eigenvalue weighted by atomic mass is 10.1. The minimum Gasteiger partial charge on any atom is -0.341 e. The van der Waals surface area contributed by atoms with Crippen molar-refractivity contribution in [1.29, 1.82) is 0 Å². The van der Waals surface area contributed by atoms with E-state index in [2.05, 4.69) is 19.2 Å². The summed E-state index contributed by atoms with van der Waals surface area (Å²) in [6.07, 6.45) is 4.21. The summed E-state index contributed by atoms with van der Waals surface area (Å²) >= 11 is 0. The monoisotopic (exact) mass is 212 g/mol. The molecule has 0 radical (unpaired) electrons. The molecule has 0 spiro atoms. The Hall–Kier alpha value is -0.570. The lowest BCUT2D eigenvalue weighted by Gasteiger charge is -2.23. The minimum atomic E-state index is 0.346. The summed E-state index contributed by atoms with van der Waals surface area (Å²) in [6.45, 7) is 6.21. The fourth-order valence-corrected chi connectivity index (χ4v) is 2.25. The van der Waals surface area contributed by atoms with E-state index in [1.54, 1.807) is 0 Å². The molecular weight excluding hydrogens is 188 g/mol. The van der Waals surface area contributed by atoms with Gasteiger partial charge in [-0.05, 0) is 19.4 Å². The van der Waals surface area contributed by atoms with Crippen molar-refractivity contribution < 1.29 is 4.79 Å². The third-order valence-corrected chi connectivity index (χ3v) is 3.36.